The highest BCUT2D eigenvalue weighted by Gasteiger charge is 2.43. The van der Waals surface area contributed by atoms with E-state index in [0.717, 1.165) is 39.0 Å². The Labute approximate surface area is 154 Å². The Bertz CT molecular complexity index is 619. The molecule has 1 N–H and O–H groups in total. The van der Waals surface area contributed by atoms with Crippen LogP contribution in [0.3, 0.4) is 0 Å². The molecule has 0 unspecified atom stereocenters. The summed E-state index contributed by atoms with van der Waals surface area (Å²) in [6.45, 7) is 3.65. The highest BCUT2D eigenvalue weighted by atomic mass is 19.1. The number of β-amino-alcohol motifs (C(OH)–C–C–N with tert-alkyl or cyclic N) is 1. The molecule has 0 aliphatic carbocycles. The number of methoxy groups -OCH3 is 1. The van der Waals surface area contributed by atoms with Crippen molar-refractivity contribution in [3.8, 4) is 0 Å². The molecule has 144 valence electrons. The molecule has 0 radical (unpaired) electrons. The molecule has 1 amide bonds. The van der Waals surface area contributed by atoms with E-state index in [-0.39, 0.29) is 18.3 Å². The Morgan fingerprint density at radius 3 is 2.69 bits per heavy atom. The van der Waals surface area contributed by atoms with Crippen LogP contribution in [0.4, 0.5) is 4.39 Å². The number of piperidine rings is 2. The number of hydrogen-bond donors (Lipinski definition) is 1. The molecule has 5 nitrogen and oxygen atoms in total. The number of likely N-dealkylation sites (tertiary alicyclic amines) is 2. The Kier molecular flexibility index (Phi) is 6.27. The van der Waals surface area contributed by atoms with Gasteiger partial charge in [0.1, 0.15) is 5.82 Å². The Morgan fingerprint density at radius 1 is 1.27 bits per heavy atom. The van der Waals surface area contributed by atoms with Crippen LogP contribution in [0.2, 0.25) is 0 Å². The molecule has 26 heavy (non-hydrogen) atoms. The minimum atomic E-state index is -1.36. The number of amides is 1. The summed E-state index contributed by atoms with van der Waals surface area (Å²) >= 11 is 0. The smallest absolute Gasteiger partial charge is 0.256 e. The summed E-state index contributed by atoms with van der Waals surface area (Å²) in [6.07, 6.45) is 3.25. The van der Waals surface area contributed by atoms with Crippen molar-refractivity contribution in [3.05, 3.63) is 35.6 Å². The molecule has 6 heteroatoms. The first-order valence-corrected chi connectivity index (χ1v) is 9.48. The molecular formula is C20H29FN2O3. The normalized spacial score (nSPS) is 25.7. The lowest BCUT2D eigenvalue weighted by Gasteiger charge is -2.42. The Morgan fingerprint density at radius 2 is 2.00 bits per heavy atom. The van der Waals surface area contributed by atoms with Crippen LogP contribution in [-0.2, 0) is 16.1 Å². The summed E-state index contributed by atoms with van der Waals surface area (Å²) in [5.41, 5.74) is -0.872. The molecule has 1 aromatic rings. The first-order valence-electron chi connectivity index (χ1n) is 9.48. The lowest BCUT2D eigenvalue weighted by atomic mass is 9.89. The van der Waals surface area contributed by atoms with Crippen LogP contribution in [0.25, 0.3) is 0 Å². The lowest BCUT2D eigenvalue weighted by Crippen LogP contribution is -2.59. The lowest BCUT2D eigenvalue weighted by molar-refractivity contribution is -0.160. The van der Waals surface area contributed by atoms with Crippen LogP contribution in [0.5, 0.6) is 0 Å². The molecule has 0 aromatic heterocycles. The maximum atomic E-state index is 13.9. The molecule has 2 heterocycles. The number of benzene rings is 1. The third kappa shape index (κ3) is 4.42. The Balaban J connectivity index is 1.60. The number of hydrogen-bond acceptors (Lipinski definition) is 4. The standard InChI is InChI=1S/C20H29FN2O3/c1-26-14-16-7-11-22(12-8-16)15-20(25)9-4-10-23(19(20)24)13-17-5-2-3-6-18(17)21/h2-3,5-6,16,25H,4,7-15H2,1H3/t20-/m1/s1. The third-order valence-corrected chi connectivity index (χ3v) is 5.62. The summed E-state index contributed by atoms with van der Waals surface area (Å²) < 4.78 is 19.1. The van der Waals surface area contributed by atoms with Gasteiger partial charge in [0.2, 0.25) is 0 Å². The van der Waals surface area contributed by atoms with E-state index in [1.54, 1.807) is 30.2 Å². The van der Waals surface area contributed by atoms with Gasteiger partial charge in [-0.25, -0.2) is 4.39 Å². The Hall–Kier alpha value is -1.50. The minimum absolute atomic E-state index is 0.212. The number of rotatable bonds is 6. The fraction of sp³-hybridized carbons (Fsp3) is 0.650. The van der Waals surface area contributed by atoms with Crippen LogP contribution >= 0.6 is 0 Å². The number of halogens is 1. The molecular weight excluding hydrogens is 335 g/mol. The zero-order chi connectivity index (χ0) is 18.6. The van der Waals surface area contributed by atoms with Crippen molar-refractivity contribution in [1.29, 1.82) is 0 Å². The molecule has 2 aliphatic heterocycles. The average molecular weight is 364 g/mol. The highest BCUT2D eigenvalue weighted by molar-refractivity contribution is 5.86. The zero-order valence-corrected chi connectivity index (χ0v) is 15.5. The van der Waals surface area contributed by atoms with Crippen molar-refractivity contribution in [2.75, 3.05) is 39.9 Å². The van der Waals surface area contributed by atoms with Crippen molar-refractivity contribution in [1.82, 2.24) is 9.80 Å². The number of ether oxygens (including phenoxy) is 1. The van der Waals surface area contributed by atoms with Gasteiger partial charge < -0.3 is 14.7 Å². The van der Waals surface area contributed by atoms with Gasteiger partial charge in [-0.1, -0.05) is 18.2 Å². The molecule has 1 atom stereocenters. The van der Waals surface area contributed by atoms with Gasteiger partial charge in [-0.2, -0.15) is 0 Å². The molecule has 2 aliphatic rings. The predicted octanol–water partition coefficient (Wildman–Crippen LogP) is 2.04. The van der Waals surface area contributed by atoms with Crippen LogP contribution < -0.4 is 0 Å². The van der Waals surface area contributed by atoms with E-state index in [1.165, 1.54) is 6.07 Å². The largest absolute Gasteiger partial charge is 0.384 e. The molecule has 0 bridgehead atoms. The average Bonchev–Trinajstić information content (AvgIpc) is 2.63. The van der Waals surface area contributed by atoms with Crippen LogP contribution in [0, 0.1) is 11.7 Å². The van der Waals surface area contributed by atoms with Crippen molar-refractivity contribution in [2.45, 2.75) is 37.8 Å². The summed E-state index contributed by atoms with van der Waals surface area (Å²) in [5.74, 6) is -0.0221. The van der Waals surface area contributed by atoms with Gasteiger partial charge in [-0.05, 0) is 50.8 Å². The SMILES string of the molecule is COCC1CCN(C[C@]2(O)CCCN(Cc3ccccc3F)C2=O)CC1. The first kappa shape index (κ1) is 19.3. The summed E-state index contributed by atoms with van der Waals surface area (Å²) in [5, 5.41) is 11.0. The first-order chi connectivity index (χ1) is 12.5. The van der Waals surface area contributed by atoms with Gasteiger partial charge in [-0.15, -0.1) is 0 Å². The van der Waals surface area contributed by atoms with Crippen LogP contribution in [0.1, 0.15) is 31.2 Å². The maximum absolute atomic E-state index is 13.9. The number of nitrogens with zero attached hydrogens (tertiary/aromatic N) is 2. The molecule has 3 rings (SSSR count). The topological polar surface area (TPSA) is 53.0 Å². The highest BCUT2D eigenvalue weighted by Crippen LogP contribution is 2.27. The number of carbonyl (C=O) groups is 1. The summed E-state index contributed by atoms with van der Waals surface area (Å²) in [7, 11) is 1.72. The number of carbonyl (C=O) groups excluding carboxylic acids is 1. The van der Waals surface area contributed by atoms with E-state index >= 15 is 0 Å². The fourth-order valence-electron chi connectivity index (χ4n) is 4.11. The summed E-state index contributed by atoms with van der Waals surface area (Å²) in [4.78, 5) is 16.7. The monoisotopic (exact) mass is 364 g/mol. The van der Waals surface area contributed by atoms with E-state index in [1.807, 2.05) is 0 Å². The van der Waals surface area contributed by atoms with Crippen molar-refractivity contribution < 1.29 is 19.0 Å². The third-order valence-electron chi connectivity index (χ3n) is 5.62. The van der Waals surface area contributed by atoms with E-state index in [2.05, 4.69) is 4.90 Å². The molecule has 0 saturated carbocycles. The van der Waals surface area contributed by atoms with Gasteiger partial charge in [-0.3, -0.25) is 9.69 Å². The van der Waals surface area contributed by atoms with E-state index in [9.17, 15) is 14.3 Å². The van der Waals surface area contributed by atoms with E-state index < -0.39 is 5.60 Å². The van der Waals surface area contributed by atoms with Crippen LogP contribution in [0.15, 0.2) is 24.3 Å². The maximum Gasteiger partial charge on any atom is 0.256 e. The van der Waals surface area contributed by atoms with Crippen LogP contribution in [-0.4, -0.2) is 66.3 Å². The van der Waals surface area contributed by atoms with E-state index in [4.69, 9.17) is 4.74 Å². The van der Waals surface area contributed by atoms with E-state index in [0.29, 0.717) is 31.0 Å². The van der Waals surface area contributed by atoms with Crippen molar-refractivity contribution >= 4 is 5.91 Å². The summed E-state index contributed by atoms with van der Waals surface area (Å²) in [6, 6.07) is 6.50. The van der Waals surface area contributed by atoms with Crippen molar-refractivity contribution in [3.63, 3.8) is 0 Å². The van der Waals surface area contributed by atoms with Crippen molar-refractivity contribution in [2.24, 2.45) is 5.92 Å². The second-order valence-corrected chi connectivity index (χ2v) is 7.63. The van der Waals surface area contributed by atoms with Gasteiger partial charge in [0.15, 0.2) is 5.60 Å². The predicted molar refractivity (Wildman–Crippen MR) is 97.0 cm³/mol. The second kappa shape index (κ2) is 8.46. The van der Waals surface area contributed by atoms with Gasteiger partial charge in [0.25, 0.3) is 5.91 Å². The molecule has 1 aromatic carbocycles. The quantitative estimate of drug-likeness (QED) is 0.839. The molecule has 0 spiro atoms. The number of aliphatic hydroxyl groups is 1. The minimum Gasteiger partial charge on any atom is -0.384 e. The molecule has 2 fully saturated rings. The van der Waals surface area contributed by atoms with Gasteiger partial charge >= 0.3 is 0 Å². The zero-order valence-electron chi connectivity index (χ0n) is 15.5. The fourth-order valence-corrected chi connectivity index (χ4v) is 4.11. The van der Waals surface area contributed by atoms with Gasteiger partial charge in [0, 0.05) is 38.9 Å². The van der Waals surface area contributed by atoms with Gasteiger partial charge in [0.05, 0.1) is 0 Å². The second-order valence-electron chi connectivity index (χ2n) is 7.63. The molecule has 2 saturated heterocycles.